The van der Waals surface area contributed by atoms with Crippen molar-refractivity contribution >= 4 is 18.9 Å². The molecule has 1 fully saturated rings. The second kappa shape index (κ2) is 8.88. The van der Waals surface area contributed by atoms with Crippen molar-refractivity contribution < 1.29 is 24.7 Å². The van der Waals surface area contributed by atoms with E-state index in [0.717, 1.165) is 19.3 Å². The summed E-state index contributed by atoms with van der Waals surface area (Å²) in [5, 5.41) is 33.7. The first-order chi connectivity index (χ1) is 11.9. The lowest BCUT2D eigenvalue weighted by Gasteiger charge is -2.31. The van der Waals surface area contributed by atoms with Gasteiger partial charge in [0.1, 0.15) is 11.7 Å². The predicted molar refractivity (Wildman–Crippen MR) is 89.0 cm³/mol. The van der Waals surface area contributed by atoms with Crippen LogP contribution in [0.3, 0.4) is 0 Å². The fourth-order valence-corrected chi connectivity index (χ4v) is 2.65. The summed E-state index contributed by atoms with van der Waals surface area (Å²) in [6.07, 6.45) is 6.31. The van der Waals surface area contributed by atoms with Gasteiger partial charge in [-0.25, -0.2) is 4.98 Å². The van der Waals surface area contributed by atoms with E-state index < -0.39 is 37.0 Å². The third-order valence-electron chi connectivity index (χ3n) is 4.35. The van der Waals surface area contributed by atoms with E-state index in [2.05, 4.69) is 20.6 Å². The SMILES string of the molecule is C[C@H](O)[C@H](NC(=O)c1cnccn1)C(=O)NC(CC1CCC1)B(O)O. The lowest BCUT2D eigenvalue weighted by Crippen LogP contribution is -2.57. The zero-order valence-corrected chi connectivity index (χ0v) is 14.0. The van der Waals surface area contributed by atoms with Crippen molar-refractivity contribution in [1.82, 2.24) is 20.6 Å². The third-order valence-corrected chi connectivity index (χ3v) is 4.35. The van der Waals surface area contributed by atoms with Crippen LogP contribution in [0.1, 0.15) is 43.1 Å². The second-order valence-electron chi connectivity index (χ2n) is 6.34. The Kier molecular flexibility index (Phi) is 6.86. The molecule has 2 rings (SSSR count). The van der Waals surface area contributed by atoms with Gasteiger partial charge in [0.2, 0.25) is 5.91 Å². The molecule has 0 radical (unpaired) electrons. The lowest BCUT2D eigenvalue weighted by atomic mass is 9.69. The predicted octanol–water partition coefficient (Wildman–Crippen LogP) is -1.36. The van der Waals surface area contributed by atoms with Crippen LogP contribution >= 0.6 is 0 Å². The third kappa shape index (κ3) is 5.48. The van der Waals surface area contributed by atoms with Gasteiger partial charge in [-0.15, -0.1) is 0 Å². The van der Waals surface area contributed by atoms with Crippen molar-refractivity contribution in [1.29, 1.82) is 0 Å². The lowest BCUT2D eigenvalue weighted by molar-refractivity contribution is -0.125. The number of hydrogen-bond acceptors (Lipinski definition) is 7. The van der Waals surface area contributed by atoms with Crippen LogP contribution in [0.4, 0.5) is 0 Å². The van der Waals surface area contributed by atoms with Crippen LogP contribution in [0, 0.1) is 5.92 Å². The number of nitrogens with zero attached hydrogens (tertiary/aromatic N) is 2. The summed E-state index contributed by atoms with van der Waals surface area (Å²) in [7, 11) is -1.71. The Morgan fingerprint density at radius 1 is 1.32 bits per heavy atom. The Bertz CT molecular complexity index is 583. The highest BCUT2D eigenvalue weighted by molar-refractivity contribution is 6.43. The minimum absolute atomic E-state index is 0.00848. The Balaban J connectivity index is 1.99. The van der Waals surface area contributed by atoms with E-state index in [1.807, 2.05) is 0 Å². The average Bonchev–Trinajstić information content (AvgIpc) is 2.54. The minimum Gasteiger partial charge on any atom is -0.426 e. The van der Waals surface area contributed by atoms with Gasteiger partial charge < -0.3 is 25.8 Å². The van der Waals surface area contributed by atoms with Gasteiger partial charge in [0.05, 0.1) is 18.2 Å². The van der Waals surface area contributed by atoms with Gasteiger partial charge in [0.25, 0.3) is 5.91 Å². The molecule has 1 aromatic heterocycles. The topological polar surface area (TPSA) is 145 Å². The molecule has 25 heavy (non-hydrogen) atoms. The van der Waals surface area contributed by atoms with E-state index in [1.165, 1.54) is 25.5 Å². The summed E-state index contributed by atoms with van der Waals surface area (Å²) in [5.74, 6) is -1.86. The molecule has 1 aliphatic carbocycles. The van der Waals surface area contributed by atoms with Crippen LogP contribution in [0.5, 0.6) is 0 Å². The number of carbonyl (C=O) groups is 2. The second-order valence-corrected chi connectivity index (χ2v) is 6.34. The van der Waals surface area contributed by atoms with E-state index in [-0.39, 0.29) is 5.69 Å². The van der Waals surface area contributed by atoms with Crippen molar-refractivity contribution in [2.45, 2.75) is 50.7 Å². The van der Waals surface area contributed by atoms with Crippen LogP contribution in [0.25, 0.3) is 0 Å². The number of aliphatic hydroxyl groups excluding tert-OH is 1. The van der Waals surface area contributed by atoms with Gasteiger partial charge in [0.15, 0.2) is 0 Å². The standard InChI is InChI=1S/C15H23BN4O5/c1-9(21)13(20-14(22)11-8-17-5-6-18-11)15(23)19-12(16(24)25)7-10-3-2-4-10/h5-6,8-10,12-13,21,24-25H,2-4,7H2,1H3,(H,19,23)(H,20,22)/t9-,12?,13-/m0/s1. The van der Waals surface area contributed by atoms with Crippen LogP contribution in [-0.4, -0.2) is 62.1 Å². The number of aliphatic hydroxyl groups is 1. The highest BCUT2D eigenvalue weighted by Crippen LogP contribution is 2.30. The Morgan fingerprint density at radius 3 is 2.52 bits per heavy atom. The van der Waals surface area contributed by atoms with Gasteiger partial charge in [-0.1, -0.05) is 19.3 Å². The van der Waals surface area contributed by atoms with E-state index in [0.29, 0.717) is 12.3 Å². The Labute approximate surface area is 146 Å². The highest BCUT2D eigenvalue weighted by atomic mass is 16.4. The van der Waals surface area contributed by atoms with Crippen molar-refractivity contribution in [2.24, 2.45) is 5.92 Å². The highest BCUT2D eigenvalue weighted by Gasteiger charge is 2.34. The molecule has 1 unspecified atom stereocenters. The van der Waals surface area contributed by atoms with Crippen molar-refractivity contribution in [3.05, 3.63) is 24.3 Å². The molecule has 5 N–H and O–H groups in total. The van der Waals surface area contributed by atoms with Crippen molar-refractivity contribution in [2.75, 3.05) is 0 Å². The van der Waals surface area contributed by atoms with Crippen molar-refractivity contribution in [3.8, 4) is 0 Å². The maximum absolute atomic E-state index is 12.4. The molecule has 10 heteroatoms. The quantitative estimate of drug-likeness (QED) is 0.364. The number of amides is 2. The maximum atomic E-state index is 12.4. The van der Waals surface area contributed by atoms with Crippen LogP contribution in [0.15, 0.2) is 18.6 Å². The number of nitrogens with one attached hydrogen (secondary N) is 2. The van der Waals surface area contributed by atoms with Crippen LogP contribution < -0.4 is 10.6 Å². The molecule has 136 valence electrons. The Morgan fingerprint density at radius 2 is 2.04 bits per heavy atom. The number of rotatable bonds is 8. The molecule has 0 bridgehead atoms. The normalized spacial score (nSPS) is 17.8. The first kappa shape index (κ1) is 19.3. The first-order valence-electron chi connectivity index (χ1n) is 8.30. The zero-order valence-electron chi connectivity index (χ0n) is 14.0. The molecule has 1 heterocycles. The van der Waals surface area contributed by atoms with Crippen LogP contribution in [0.2, 0.25) is 0 Å². The molecule has 2 amide bonds. The molecule has 9 nitrogen and oxygen atoms in total. The van der Waals surface area contributed by atoms with E-state index >= 15 is 0 Å². The monoisotopic (exact) mass is 350 g/mol. The maximum Gasteiger partial charge on any atom is 0.475 e. The van der Waals surface area contributed by atoms with E-state index in [1.54, 1.807) is 0 Å². The van der Waals surface area contributed by atoms with Gasteiger partial charge in [-0.3, -0.25) is 14.6 Å². The molecule has 1 saturated carbocycles. The minimum atomic E-state index is -1.71. The zero-order chi connectivity index (χ0) is 18.4. The molecule has 0 saturated heterocycles. The molecule has 3 atom stereocenters. The summed E-state index contributed by atoms with van der Waals surface area (Å²) in [6, 6.07) is -1.25. The summed E-state index contributed by atoms with van der Waals surface area (Å²) in [5.41, 5.74) is 0.00848. The molecule has 1 aromatic rings. The molecular formula is C15H23BN4O5. The first-order valence-corrected chi connectivity index (χ1v) is 8.30. The van der Waals surface area contributed by atoms with Gasteiger partial charge >= 0.3 is 7.12 Å². The molecular weight excluding hydrogens is 327 g/mol. The fraction of sp³-hybridized carbons (Fsp3) is 0.600. The molecule has 0 aliphatic heterocycles. The summed E-state index contributed by atoms with van der Waals surface area (Å²) >= 11 is 0. The number of carbonyl (C=O) groups excluding carboxylic acids is 2. The van der Waals surface area contributed by atoms with E-state index in [4.69, 9.17) is 0 Å². The molecule has 0 spiro atoms. The number of aromatic nitrogens is 2. The Hall–Kier alpha value is -2.04. The average molecular weight is 350 g/mol. The fourth-order valence-electron chi connectivity index (χ4n) is 2.65. The van der Waals surface area contributed by atoms with Gasteiger partial charge in [0, 0.05) is 12.4 Å². The van der Waals surface area contributed by atoms with Crippen molar-refractivity contribution in [3.63, 3.8) is 0 Å². The van der Waals surface area contributed by atoms with Gasteiger partial charge in [-0.2, -0.15) is 0 Å². The summed E-state index contributed by atoms with van der Waals surface area (Å²) in [4.78, 5) is 32.1. The molecule has 1 aliphatic rings. The van der Waals surface area contributed by atoms with Gasteiger partial charge in [-0.05, 0) is 19.3 Å². The van der Waals surface area contributed by atoms with E-state index in [9.17, 15) is 24.7 Å². The number of hydrogen-bond donors (Lipinski definition) is 5. The smallest absolute Gasteiger partial charge is 0.426 e. The largest absolute Gasteiger partial charge is 0.475 e. The summed E-state index contributed by atoms with van der Waals surface area (Å²) in [6.45, 7) is 1.36. The summed E-state index contributed by atoms with van der Waals surface area (Å²) < 4.78 is 0. The molecule has 0 aromatic carbocycles. The van der Waals surface area contributed by atoms with Crippen LogP contribution in [-0.2, 0) is 4.79 Å².